The number of halogens is 12. The molecule has 0 bridgehead atoms. The Morgan fingerprint density at radius 3 is 0.876 bits per heavy atom. The van der Waals surface area contributed by atoms with Crippen molar-refractivity contribution in [1.82, 2.24) is 44.6 Å². The quantitative estimate of drug-likeness (QED) is 0.00973. The number of hydrogen-bond acceptors (Lipinski definition) is 37. The van der Waals surface area contributed by atoms with E-state index in [4.69, 9.17) is 47.2 Å². The number of sulfonamides is 1. The van der Waals surface area contributed by atoms with Crippen LogP contribution in [0.5, 0.6) is 0 Å². The second-order valence-electron chi connectivity index (χ2n) is 14.0. The molecule has 0 rings (SSSR count). The minimum Gasteiger partial charge on any atom is -0.309 e. The van der Waals surface area contributed by atoms with Crippen molar-refractivity contribution in [2.45, 2.75) is 26.9 Å². The molecule has 0 aromatic rings. The Hall–Kier alpha value is -1.50. The highest BCUT2D eigenvalue weighted by Crippen LogP contribution is 2.47. The molecule has 640 valence electrons. The van der Waals surface area contributed by atoms with Gasteiger partial charge >= 0.3 is 174 Å². The van der Waals surface area contributed by atoms with Crippen LogP contribution in [0, 0.1) is 24.7 Å². The molecule has 0 heterocycles. The van der Waals surface area contributed by atoms with Crippen LogP contribution < -0.4 is 44.6 Å². The average molecular weight is 1990 g/mol. The number of rotatable bonds is 32. The van der Waals surface area contributed by atoms with E-state index in [-0.39, 0.29) is 15.6 Å². The van der Waals surface area contributed by atoms with Crippen molar-refractivity contribution in [2.75, 3.05) is 39.8 Å². The maximum Gasteiger partial charge on any atom is 0.495 e. The van der Waals surface area contributed by atoms with Crippen LogP contribution in [0.25, 0.3) is 0 Å². The van der Waals surface area contributed by atoms with Crippen molar-refractivity contribution in [1.29, 1.82) is 0 Å². The van der Waals surface area contributed by atoms with E-state index in [9.17, 15) is 183 Å². The third-order valence-electron chi connectivity index (χ3n) is 4.09. The Balaban J connectivity index is -0.000000120. The van der Waals surface area contributed by atoms with Gasteiger partial charge in [0.25, 0.3) is 0 Å². The van der Waals surface area contributed by atoms with Gasteiger partial charge in [0.1, 0.15) is 13.2 Å². The van der Waals surface area contributed by atoms with E-state index in [2.05, 4.69) is 45.5 Å². The molecule has 8 atom stereocenters. The van der Waals surface area contributed by atoms with Crippen molar-refractivity contribution in [3.8, 4) is 24.7 Å². The maximum atomic E-state index is 12.5. The Morgan fingerprint density at radius 2 is 0.714 bits per heavy atom. The molecular weight excluding hydrogens is 1940 g/mol. The van der Waals surface area contributed by atoms with E-state index in [1.807, 2.05) is 0 Å². The van der Waals surface area contributed by atoms with Crippen LogP contribution >= 0.6 is 70.6 Å². The standard InChI is InChI=1S/C3H9FNO5PS.C3H5FNO5PS.C3H7FNO5PS.C3H5FNO5PS.C2H7FNO5PS.CH5FNO5PS.CH5FNO4PS.2F2H2NO4PS.FH2NO5S2/c1-3(2)10-11(4,6)5-12(7,8)9;1-2-3-10-11(4,6)5-12(7,8)9;2*1-2-3-10-12(8,9)5-11(4,6)7;1-2-9-10(3,5)4-11(6,7)8;1-8-10(6,7)3-9(2,4)5;1-9(6,7)3-8(2,4)5;1-8(4,5)3-9(2,6)7;1-8(2,4)3-9(5,6)7;1-8(3,4)2-9(5,6)7/h3H,1-2H3,(H,5,6)(H,7,8,9);1H,3H2,(H,5,6)(H,7,8,9);2H,1,3H2,(H2,5,6,7);1H,3H2,(H2,5,6,7);2H2,1H3,(H,4,5)(H,6,7,8);1H3,(H2,3,4,5);1H3,(H2,3,4,5);(H2,3,4,5);(H,3,4)(H,5,6,7);2H,(H,5,6,7). The fourth-order valence-electron chi connectivity index (χ4n) is 2.40. The monoisotopic (exact) mass is 1990 g/mol. The predicted molar refractivity (Wildman–Crippen MR) is 322 cm³/mol. The minimum absolute atomic E-state index is 0.208. The molecule has 0 aliphatic carbocycles. The van der Waals surface area contributed by atoms with Gasteiger partial charge in [-0.2, -0.15) is 84.2 Å². The lowest BCUT2D eigenvalue weighted by Gasteiger charge is -2.10. The van der Waals surface area contributed by atoms with Gasteiger partial charge in [-0.25, -0.2) is 53.7 Å². The summed E-state index contributed by atoms with van der Waals surface area (Å²) in [4.78, 5) is 38.9. The molecule has 0 radical (unpaired) electrons. The highest BCUT2D eigenvalue weighted by atomic mass is 32.3. The lowest BCUT2D eigenvalue weighted by molar-refractivity contribution is 0.220. The van der Waals surface area contributed by atoms with Crippen LogP contribution in [-0.2, 0) is 180 Å². The summed E-state index contributed by atoms with van der Waals surface area (Å²) in [6.07, 6.45) is 10.1. The van der Waals surface area contributed by atoms with Crippen LogP contribution in [0.2, 0.25) is 0 Å². The maximum absolute atomic E-state index is 12.5. The zero-order chi connectivity index (χ0) is 87.8. The highest BCUT2D eigenvalue weighted by Gasteiger charge is 2.32. The van der Waals surface area contributed by atoms with Crippen LogP contribution in [0.4, 0.5) is 49.7 Å². The first-order valence-electron chi connectivity index (χ1n) is 20.7. The number of hydrogen-bond donors (Lipinski definition) is 20. The predicted octanol–water partition coefficient (Wildman–Crippen LogP) is -0.864. The second-order valence-corrected chi connectivity index (χ2v) is 42.3. The summed E-state index contributed by atoms with van der Waals surface area (Å²) in [5.41, 5.74) is 0. The molecule has 89 heteroatoms. The molecule has 0 aromatic heterocycles. The molecule has 0 spiro atoms. The zero-order valence-corrected chi connectivity index (χ0v) is 66.5. The normalized spacial score (nSPS) is 16.9. The zero-order valence-electron chi connectivity index (χ0n) is 49.5. The number of terminal acetylenes is 2. The summed E-state index contributed by atoms with van der Waals surface area (Å²) in [6.45, 7) is 5.16. The van der Waals surface area contributed by atoms with E-state index in [0.717, 1.165) is 44.6 Å². The SMILES string of the molecule is C#CCOP(=O)(F)NS(=O)(=O)O.C#CCOS(=O)(=O)NP(=O)(O)F.C=CCOS(=O)(=O)NP(=O)(O)F.CC(C)OP(=O)(F)NS(=O)(=O)O.CCOP(=O)(F)NS(=O)(=O)O.COS(=O)(=O)NP(=O)(O)F.CS(=O)(=O)NP(=O)(O)F.O=P(F)(F)NS(=O)(=O)O.O=P(O)(F)NS(=O)(=O)F.O=S(=O)(O)NS(=O)(=O)F. The molecule has 0 fully saturated rings. The topological polar surface area (TPSA) is 907 Å². The van der Waals surface area contributed by atoms with Crippen LogP contribution in [-0.4, -0.2) is 186 Å². The lowest BCUT2D eigenvalue weighted by atomic mass is 10.5. The number of nitrogens with one attached hydrogen (secondary N) is 10. The van der Waals surface area contributed by atoms with Crippen molar-refractivity contribution in [3.05, 3.63) is 12.7 Å². The summed E-state index contributed by atoms with van der Waals surface area (Å²) < 4.78 is 513. The summed E-state index contributed by atoms with van der Waals surface area (Å²) in [7, 11) is -99.5. The largest absolute Gasteiger partial charge is 0.495 e. The van der Waals surface area contributed by atoms with E-state index in [1.165, 1.54) is 20.8 Å². The average Bonchev–Trinajstić information content (AvgIpc) is 0.943. The summed E-state index contributed by atoms with van der Waals surface area (Å²) >= 11 is 0. The summed E-state index contributed by atoms with van der Waals surface area (Å²) in [5, 5.41) is 0. The lowest BCUT2D eigenvalue weighted by Crippen LogP contribution is -2.26. The molecule has 0 saturated carbocycles. The first kappa shape index (κ1) is 124. The van der Waals surface area contributed by atoms with Gasteiger partial charge in [-0.05, 0) is 20.8 Å². The summed E-state index contributed by atoms with van der Waals surface area (Å²) in [6, 6.07) is 0. The molecule has 0 saturated heterocycles. The second kappa shape index (κ2) is 50.6. The van der Waals surface area contributed by atoms with Gasteiger partial charge in [0.05, 0.1) is 32.7 Å². The van der Waals surface area contributed by atoms with E-state index < -0.39 is 210 Å². The van der Waals surface area contributed by atoms with Crippen molar-refractivity contribution in [2.24, 2.45) is 0 Å². The Morgan fingerprint density at radius 1 is 0.429 bits per heavy atom. The minimum atomic E-state index is -5.88. The van der Waals surface area contributed by atoms with E-state index in [0.29, 0.717) is 10.4 Å². The van der Waals surface area contributed by atoms with Gasteiger partial charge in [-0.3, -0.25) is 44.7 Å². The van der Waals surface area contributed by atoms with Crippen molar-refractivity contribution >= 4 is 184 Å². The van der Waals surface area contributed by atoms with Crippen LogP contribution in [0.1, 0.15) is 20.8 Å². The molecule has 0 aliphatic heterocycles. The molecule has 8 unspecified atom stereocenters. The van der Waals surface area contributed by atoms with Gasteiger partial charge in [0.15, 0.2) is 0 Å². The molecule has 105 heavy (non-hydrogen) atoms. The molecule has 20 N–H and O–H groups in total. The van der Waals surface area contributed by atoms with Crippen LogP contribution in [0.3, 0.4) is 0 Å². The fraction of sp³-hybridized carbons (Fsp3) is 0.625. The van der Waals surface area contributed by atoms with Gasteiger partial charge in [0.2, 0.25) is 10.0 Å². The molecule has 57 nitrogen and oxygen atoms in total. The molecule has 0 amide bonds. The van der Waals surface area contributed by atoms with Gasteiger partial charge in [-0.1, -0.05) is 65.8 Å². The Labute approximate surface area is 585 Å². The molecular formula is C16H49F12N10O47P9S11. The van der Waals surface area contributed by atoms with Gasteiger partial charge in [-0.15, -0.1) is 65.9 Å². The summed E-state index contributed by atoms with van der Waals surface area (Å²) in [5.74, 6) is 3.53. The third-order valence-corrected chi connectivity index (χ3v) is 25.3. The third kappa shape index (κ3) is 142. The van der Waals surface area contributed by atoms with Gasteiger partial charge < -0.3 is 24.5 Å². The fourth-order valence-corrected chi connectivity index (χ4v) is 16.7. The Bertz CT molecular complexity index is 4490. The smallest absolute Gasteiger partial charge is 0.309 e. The molecule has 0 aliphatic rings. The first-order chi connectivity index (χ1) is 44.8. The Kier molecular flexibility index (Phi) is 59.9. The van der Waals surface area contributed by atoms with E-state index >= 15 is 0 Å². The van der Waals surface area contributed by atoms with Gasteiger partial charge in [0, 0.05) is 0 Å². The van der Waals surface area contributed by atoms with Crippen molar-refractivity contribution < 1.29 is 257 Å². The first-order valence-corrected chi connectivity index (χ1v) is 50.6. The van der Waals surface area contributed by atoms with E-state index in [1.54, 1.807) is 11.8 Å². The van der Waals surface area contributed by atoms with Crippen LogP contribution in [0.15, 0.2) is 12.7 Å². The molecule has 0 aromatic carbocycles. The van der Waals surface area contributed by atoms with Crippen molar-refractivity contribution in [3.63, 3.8) is 0 Å². The highest BCUT2D eigenvalue weighted by molar-refractivity contribution is 7.99.